The van der Waals surface area contributed by atoms with E-state index in [9.17, 15) is 29.6 Å². The van der Waals surface area contributed by atoms with Crippen molar-refractivity contribution in [3.8, 4) is 22.9 Å². The summed E-state index contributed by atoms with van der Waals surface area (Å²) in [7, 11) is 2.78. The highest BCUT2D eigenvalue weighted by molar-refractivity contribution is 6.13. The zero-order valence-electron chi connectivity index (χ0n) is 20.2. The third-order valence-electron chi connectivity index (χ3n) is 5.70. The van der Waals surface area contributed by atoms with E-state index in [-0.39, 0.29) is 33.8 Å². The second-order valence-electron chi connectivity index (χ2n) is 7.92. The van der Waals surface area contributed by atoms with E-state index >= 15 is 0 Å². The molecule has 192 valence electrons. The van der Waals surface area contributed by atoms with Crippen LogP contribution in [0.25, 0.3) is 5.69 Å². The Labute approximate surface area is 215 Å². The van der Waals surface area contributed by atoms with E-state index in [1.165, 1.54) is 73.5 Å². The Bertz CT molecular complexity index is 1610. The number of ketones is 1. The molecular weight excluding hydrogens is 494 g/mol. The lowest BCUT2D eigenvalue weighted by Gasteiger charge is -2.15. The molecule has 0 radical (unpaired) electrons. The van der Waals surface area contributed by atoms with E-state index < -0.39 is 27.9 Å². The average Bonchev–Trinajstić information content (AvgIpc) is 2.94. The summed E-state index contributed by atoms with van der Waals surface area (Å²) >= 11 is 0. The highest BCUT2D eigenvalue weighted by atomic mass is 16.6. The molecule has 4 aromatic rings. The number of carbonyl (C=O) groups is 2. The summed E-state index contributed by atoms with van der Waals surface area (Å²) in [5.41, 5.74) is -0.328. The van der Waals surface area contributed by atoms with Crippen LogP contribution < -0.4 is 20.3 Å². The molecule has 3 aromatic carbocycles. The van der Waals surface area contributed by atoms with E-state index in [1.807, 2.05) is 0 Å². The van der Waals surface area contributed by atoms with Gasteiger partial charge in [-0.3, -0.25) is 29.1 Å². The number of aromatic nitrogens is 1. The normalized spacial score (nSPS) is 10.5. The maximum absolute atomic E-state index is 13.4. The number of anilines is 1. The maximum Gasteiger partial charge on any atom is 0.269 e. The second kappa shape index (κ2) is 10.7. The Morgan fingerprint density at radius 2 is 1.55 bits per heavy atom. The van der Waals surface area contributed by atoms with Crippen LogP contribution in [0.4, 0.5) is 11.4 Å². The minimum atomic E-state index is -0.692. The molecule has 0 fully saturated rings. The number of amides is 1. The van der Waals surface area contributed by atoms with Crippen LogP contribution in [0, 0.1) is 10.1 Å². The summed E-state index contributed by atoms with van der Waals surface area (Å²) < 4.78 is 11.8. The first-order chi connectivity index (χ1) is 18.2. The van der Waals surface area contributed by atoms with E-state index in [4.69, 9.17) is 9.47 Å². The van der Waals surface area contributed by atoms with Crippen molar-refractivity contribution in [2.24, 2.45) is 0 Å². The molecule has 0 saturated carbocycles. The number of nitrogens with zero attached hydrogens (tertiary/aromatic N) is 2. The first-order valence-electron chi connectivity index (χ1n) is 11.1. The number of aromatic hydroxyl groups is 1. The van der Waals surface area contributed by atoms with Gasteiger partial charge in [0.2, 0.25) is 0 Å². The molecule has 1 heterocycles. The quantitative estimate of drug-likeness (QED) is 0.155. The minimum Gasteiger partial charge on any atom is -0.505 e. The summed E-state index contributed by atoms with van der Waals surface area (Å²) in [4.78, 5) is 49.0. The molecule has 11 heteroatoms. The van der Waals surface area contributed by atoms with Crippen LogP contribution in [0.1, 0.15) is 26.3 Å². The van der Waals surface area contributed by atoms with Gasteiger partial charge < -0.3 is 19.9 Å². The summed E-state index contributed by atoms with van der Waals surface area (Å²) in [5, 5.41) is 24.3. The molecule has 0 spiro atoms. The van der Waals surface area contributed by atoms with Crippen LogP contribution in [-0.4, -0.2) is 40.5 Å². The molecule has 0 saturated heterocycles. The molecule has 0 aliphatic rings. The molecular formula is C27H21N3O8. The van der Waals surface area contributed by atoms with Crippen molar-refractivity contribution in [3.63, 3.8) is 0 Å². The molecule has 0 unspecified atom stereocenters. The van der Waals surface area contributed by atoms with Gasteiger partial charge in [-0.2, -0.15) is 0 Å². The molecule has 0 bridgehead atoms. The maximum atomic E-state index is 13.4. The van der Waals surface area contributed by atoms with Crippen LogP contribution in [0.15, 0.2) is 83.8 Å². The molecule has 0 aliphatic carbocycles. The predicted molar refractivity (Wildman–Crippen MR) is 138 cm³/mol. The molecule has 11 nitrogen and oxygen atoms in total. The minimum absolute atomic E-state index is 0.0771. The number of phenols is 1. The van der Waals surface area contributed by atoms with Gasteiger partial charge in [-0.1, -0.05) is 12.1 Å². The lowest BCUT2D eigenvalue weighted by Crippen LogP contribution is -2.19. The van der Waals surface area contributed by atoms with Gasteiger partial charge in [-0.05, 0) is 42.5 Å². The van der Waals surface area contributed by atoms with E-state index in [2.05, 4.69) is 5.32 Å². The SMILES string of the molecule is COc1ccccc1-n1cc(C(=O)c2ccc(OC)c(NC(=O)c3ccc([N+](=O)[O-])cc3)c2O)ccc1=O. The van der Waals surface area contributed by atoms with Gasteiger partial charge in [-0.15, -0.1) is 0 Å². The van der Waals surface area contributed by atoms with E-state index in [0.717, 1.165) is 0 Å². The first-order valence-corrected chi connectivity index (χ1v) is 11.1. The molecule has 2 N–H and O–H groups in total. The molecule has 1 amide bonds. The third kappa shape index (κ3) is 4.93. The van der Waals surface area contributed by atoms with Crippen molar-refractivity contribution in [1.29, 1.82) is 0 Å². The number of carbonyl (C=O) groups excluding carboxylic acids is 2. The molecule has 0 aliphatic heterocycles. The highest BCUT2D eigenvalue weighted by Crippen LogP contribution is 2.38. The Hall–Kier alpha value is -5.45. The Kier molecular flexibility index (Phi) is 7.19. The third-order valence-corrected chi connectivity index (χ3v) is 5.70. The number of hydrogen-bond donors (Lipinski definition) is 2. The average molecular weight is 515 g/mol. The fourth-order valence-electron chi connectivity index (χ4n) is 3.76. The van der Waals surface area contributed by atoms with E-state index in [0.29, 0.717) is 11.4 Å². The Morgan fingerprint density at radius 3 is 2.21 bits per heavy atom. The Morgan fingerprint density at radius 1 is 0.895 bits per heavy atom. The van der Waals surface area contributed by atoms with Gasteiger partial charge in [0.25, 0.3) is 17.2 Å². The van der Waals surface area contributed by atoms with Crippen LogP contribution in [0.2, 0.25) is 0 Å². The largest absolute Gasteiger partial charge is 0.505 e. The van der Waals surface area contributed by atoms with Crippen molar-refractivity contribution >= 4 is 23.1 Å². The number of nitro groups is 1. The molecule has 1 aromatic heterocycles. The number of nitrogens with one attached hydrogen (secondary N) is 1. The highest BCUT2D eigenvalue weighted by Gasteiger charge is 2.23. The summed E-state index contributed by atoms with van der Waals surface area (Å²) in [6.07, 6.45) is 1.33. The van der Waals surface area contributed by atoms with E-state index in [1.54, 1.807) is 24.3 Å². The molecule has 38 heavy (non-hydrogen) atoms. The van der Waals surface area contributed by atoms with Gasteiger partial charge in [0, 0.05) is 35.5 Å². The number of ether oxygens (including phenoxy) is 2. The lowest BCUT2D eigenvalue weighted by molar-refractivity contribution is -0.384. The first kappa shape index (κ1) is 25.6. The predicted octanol–water partition coefficient (Wildman–Crippen LogP) is 3.95. The smallest absolute Gasteiger partial charge is 0.269 e. The fourth-order valence-corrected chi connectivity index (χ4v) is 3.76. The van der Waals surface area contributed by atoms with Crippen molar-refractivity contribution < 1.29 is 29.1 Å². The van der Waals surface area contributed by atoms with Gasteiger partial charge in [0.05, 0.1) is 30.4 Å². The number of methoxy groups -OCH3 is 2. The summed E-state index contributed by atoms with van der Waals surface area (Å²) in [6, 6.07) is 16.9. The number of rotatable bonds is 8. The molecule has 0 atom stereocenters. The van der Waals surface area contributed by atoms with Crippen molar-refractivity contribution in [2.75, 3.05) is 19.5 Å². The van der Waals surface area contributed by atoms with Crippen LogP contribution >= 0.6 is 0 Å². The number of benzene rings is 3. The number of hydrogen-bond acceptors (Lipinski definition) is 8. The topological polar surface area (TPSA) is 150 Å². The number of para-hydroxylation sites is 2. The van der Waals surface area contributed by atoms with Crippen molar-refractivity contribution in [3.05, 3.63) is 116 Å². The Balaban J connectivity index is 1.71. The number of phenolic OH excluding ortho intramolecular Hbond substituents is 1. The zero-order valence-corrected chi connectivity index (χ0v) is 20.2. The van der Waals surface area contributed by atoms with Crippen molar-refractivity contribution in [1.82, 2.24) is 4.57 Å². The summed E-state index contributed by atoms with van der Waals surface area (Å²) in [5.74, 6) is -1.38. The van der Waals surface area contributed by atoms with Crippen LogP contribution in [-0.2, 0) is 0 Å². The van der Waals surface area contributed by atoms with Gasteiger partial charge in [0.1, 0.15) is 17.2 Å². The van der Waals surface area contributed by atoms with Crippen molar-refractivity contribution in [2.45, 2.75) is 0 Å². The monoisotopic (exact) mass is 515 g/mol. The second-order valence-corrected chi connectivity index (χ2v) is 7.92. The fraction of sp³-hybridized carbons (Fsp3) is 0.0741. The molecule has 4 rings (SSSR count). The number of nitro benzene ring substituents is 1. The van der Waals surface area contributed by atoms with Gasteiger partial charge >= 0.3 is 0 Å². The zero-order chi connectivity index (χ0) is 27.4. The summed E-state index contributed by atoms with van der Waals surface area (Å²) in [6.45, 7) is 0. The van der Waals surface area contributed by atoms with Crippen LogP contribution in [0.3, 0.4) is 0 Å². The van der Waals surface area contributed by atoms with Gasteiger partial charge in [-0.25, -0.2) is 0 Å². The lowest BCUT2D eigenvalue weighted by atomic mass is 10.0. The number of non-ortho nitro benzene ring substituents is 1. The standard InChI is InChI=1S/C27H21N3O8/c1-37-21-6-4-3-5-20(21)29-15-17(9-14-23(29)31)25(32)19-12-13-22(38-2)24(26(19)33)28-27(34)16-7-10-18(11-8-16)30(35)36/h3-15,33H,1-2H3,(H,28,34). The van der Waals surface area contributed by atoms with Gasteiger partial charge in [0.15, 0.2) is 11.5 Å². The number of pyridine rings is 1. The van der Waals surface area contributed by atoms with Crippen LogP contribution in [0.5, 0.6) is 17.2 Å².